The minimum Gasteiger partial charge on any atom is -0.497 e. The molecule has 86 valence electrons. The lowest BCUT2D eigenvalue weighted by molar-refractivity contribution is 0.410. The molecule has 0 spiro atoms. The molecule has 0 unspecified atom stereocenters. The Bertz CT molecular complexity index is 421. The van der Waals surface area contributed by atoms with Crippen molar-refractivity contribution in [2.24, 2.45) is 0 Å². The van der Waals surface area contributed by atoms with E-state index in [1.54, 1.807) is 7.11 Å². The van der Waals surface area contributed by atoms with Gasteiger partial charge in [0.1, 0.15) is 11.6 Å². The Morgan fingerprint density at radius 1 is 1.38 bits per heavy atom. The van der Waals surface area contributed by atoms with E-state index in [2.05, 4.69) is 13.0 Å². The van der Waals surface area contributed by atoms with Gasteiger partial charge in [0, 0.05) is 6.07 Å². The Morgan fingerprint density at radius 2 is 2.19 bits per heavy atom. The molecule has 1 aromatic carbocycles. The summed E-state index contributed by atoms with van der Waals surface area (Å²) in [6.45, 7) is 2.14. The molecule has 0 N–H and O–H groups in total. The third kappa shape index (κ3) is 1.97. The van der Waals surface area contributed by atoms with Crippen LogP contribution in [0.1, 0.15) is 37.3 Å². The zero-order valence-electron chi connectivity index (χ0n) is 9.85. The Morgan fingerprint density at radius 3 is 2.88 bits per heavy atom. The highest BCUT2D eigenvalue weighted by Crippen LogP contribution is 2.34. The molecule has 16 heavy (non-hydrogen) atoms. The van der Waals surface area contributed by atoms with Crippen LogP contribution in [-0.2, 0) is 6.42 Å². The van der Waals surface area contributed by atoms with Crippen LogP contribution < -0.4 is 4.74 Å². The number of halogens is 1. The van der Waals surface area contributed by atoms with Gasteiger partial charge in [0.25, 0.3) is 0 Å². The maximum atomic E-state index is 13.8. The summed E-state index contributed by atoms with van der Waals surface area (Å²) in [6, 6.07) is 3.44. The molecule has 0 saturated carbocycles. The van der Waals surface area contributed by atoms with Crippen LogP contribution in [0, 0.1) is 5.82 Å². The van der Waals surface area contributed by atoms with Gasteiger partial charge in [-0.15, -0.1) is 0 Å². The Labute approximate surface area is 95.9 Å². The standard InChI is InChI=1S/C14H17FO/c1-3-5-10-6-4-7-12-13(10)8-11(16-2)9-14(12)15/h6,8-9H,3-5,7H2,1-2H3. The van der Waals surface area contributed by atoms with Crippen molar-refractivity contribution in [2.45, 2.75) is 32.6 Å². The van der Waals surface area contributed by atoms with Crippen molar-refractivity contribution in [1.82, 2.24) is 0 Å². The second-order valence-electron chi connectivity index (χ2n) is 4.15. The van der Waals surface area contributed by atoms with E-state index in [1.165, 1.54) is 11.6 Å². The Hall–Kier alpha value is -1.31. The molecule has 2 heteroatoms. The van der Waals surface area contributed by atoms with Crippen molar-refractivity contribution in [3.05, 3.63) is 35.2 Å². The van der Waals surface area contributed by atoms with Gasteiger partial charge in [-0.05, 0) is 42.0 Å². The van der Waals surface area contributed by atoms with Crippen LogP contribution in [-0.4, -0.2) is 7.11 Å². The van der Waals surface area contributed by atoms with Crippen LogP contribution in [0.4, 0.5) is 4.39 Å². The molecular formula is C14H17FO. The first-order chi connectivity index (χ1) is 7.76. The van der Waals surface area contributed by atoms with E-state index in [4.69, 9.17) is 4.74 Å². The minimum absolute atomic E-state index is 0.129. The highest BCUT2D eigenvalue weighted by molar-refractivity contribution is 5.71. The van der Waals surface area contributed by atoms with Crippen molar-refractivity contribution < 1.29 is 9.13 Å². The summed E-state index contributed by atoms with van der Waals surface area (Å²) in [6.07, 6.45) is 6.08. The zero-order valence-corrected chi connectivity index (χ0v) is 9.85. The average molecular weight is 220 g/mol. The first-order valence-corrected chi connectivity index (χ1v) is 5.82. The number of hydrogen-bond donors (Lipinski definition) is 0. The van der Waals surface area contributed by atoms with E-state index in [1.807, 2.05) is 6.07 Å². The molecule has 0 saturated heterocycles. The topological polar surface area (TPSA) is 9.23 Å². The third-order valence-electron chi connectivity index (χ3n) is 3.06. The second-order valence-corrected chi connectivity index (χ2v) is 4.15. The number of rotatable bonds is 3. The predicted molar refractivity (Wildman–Crippen MR) is 64.2 cm³/mol. The zero-order chi connectivity index (χ0) is 11.5. The van der Waals surface area contributed by atoms with Crippen LogP contribution in [0.25, 0.3) is 5.57 Å². The lowest BCUT2D eigenvalue weighted by Crippen LogP contribution is -2.04. The largest absolute Gasteiger partial charge is 0.497 e. The predicted octanol–water partition coefficient (Wildman–Crippen LogP) is 3.96. The average Bonchev–Trinajstić information content (AvgIpc) is 2.30. The van der Waals surface area contributed by atoms with Gasteiger partial charge in [0.05, 0.1) is 7.11 Å². The van der Waals surface area contributed by atoms with E-state index in [-0.39, 0.29) is 5.82 Å². The Kier molecular flexibility index (Phi) is 3.28. The summed E-state index contributed by atoms with van der Waals surface area (Å²) in [5.41, 5.74) is 3.17. The van der Waals surface area contributed by atoms with Gasteiger partial charge in [0.15, 0.2) is 0 Å². The number of fused-ring (bicyclic) bond motifs is 1. The summed E-state index contributed by atoms with van der Waals surface area (Å²) in [5, 5.41) is 0. The van der Waals surface area contributed by atoms with Gasteiger partial charge in [-0.1, -0.05) is 19.4 Å². The van der Waals surface area contributed by atoms with Crippen molar-refractivity contribution in [3.63, 3.8) is 0 Å². The normalized spacial score (nSPS) is 14.3. The first-order valence-electron chi connectivity index (χ1n) is 5.82. The van der Waals surface area contributed by atoms with Gasteiger partial charge in [-0.3, -0.25) is 0 Å². The quantitative estimate of drug-likeness (QED) is 0.749. The maximum absolute atomic E-state index is 13.8. The smallest absolute Gasteiger partial charge is 0.130 e. The lowest BCUT2D eigenvalue weighted by Gasteiger charge is -2.19. The minimum atomic E-state index is -0.129. The fraction of sp³-hybridized carbons (Fsp3) is 0.429. The maximum Gasteiger partial charge on any atom is 0.130 e. The third-order valence-corrected chi connectivity index (χ3v) is 3.06. The fourth-order valence-electron chi connectivity index (χ4n) is 2.28. The molecule has 0 radical (unpaired) electrons. The van der Waals surface area contributed by atoms with Crippen LogP contribution >= 0.6 is 0 Å². The number of allylic oxidation sites excluding steroid dienone is 2. The van der Waals surface area contributed by atoms with Crippen LogP contribution in [0.3, 0.4) is 0 Å². The molecule has 0 aromatic heterocycles. The van der Waals surface area contributed by atoms with Crippen LogP contribution in [0.15, 0.2) is 18.2 Å². The first kappa shape index (κ1) is 11.2. The molecule has 1 aromatic rings. The molecule has 2 rings (SSSR count). The molecule has 1 aliphatic carbocycles. The fourth-order valence-corrected chi connectivity index (χ4v) is 2.28. The molecule has 0 fully saturated rings. The SMILES string of the molecule is CCCC1=CCCc2c(F)cc(OC)cc21. The van der Waals surface area contributed by atoms with E-state index < -0.39 is 0 Å². The highest BCUT2D eigenvalue weighted by Gasteiger charge is 2.17. The van der Waals surface area contributed by atoms with Crippen LogP contribution in [0.2, 0.25) is 0 Å². The highest BCUT2D eigenvalue weighted by atomic mass is 19.1. The number of methoxy groups -OCH3 is 1. The molecule has 0 amide bonds. The summed E-state index contributed by atoms with van der Waals surface area (Å²) >= 11 is 0. The van der Waals surface area contributed by atoms with Crippen molar-refractivity contribution in [2.75, 3.05) is 7.11 Å². The summed E-state index contributed by atoms with van der Waals surface area (Å²) in [5.74, 6) is 0.483. The molecule has 0 aliphatic heterocycles. The van der Waals surface area contributed by atoms with Crippen molar-refractivity contribution in [3.8, 4) is 5.75 Å². The summed E-state index contributed by atoms with van der Waals surface area (Å²) in [7, 11) is 1.58. The summed E-state index contributed by atoms with van der Waals surface area (Å²) in [4.78, 5) is 0. The van der Waals surface area contributed by atoms with E-state index in [0.29, 0.717) is 5.75 Å². The second kappa shape index (κ2) is 4.69. The lowest BCUT2D eigenvalue weighted by atomic mass is 9.88. The molecular weight excluding hydrogens is 203 g/mol. The van der Waals surface area contributed by atoms with Crippen molar-refractivity contribution in [1.29, 1.82) is 0 Å². The molecule has 0 atom stereocenters. The molecule has 0 heterocycles. The van der Waals surface area contributed by atoms with Gasteiger partial charge in [0.2, 0.25) is 0 Å². The summed E-state index contributed by atoms with van der Waals surface area (Å²) < 4.78 is 18.9. The van der Waals surface area contributed by atoms with Gasteiger partial charge < -0.3 is 4.74 Å². The number of benzene rings is 1. The van der Waals surface area contributed by atoms with E-state index in [0.717, 1.165) is 36.8 Å². The Balaban J connectivity index is 2.48. The van der Waals surface area contributed by atoms with E-state index in [9.17, 15) is 4.39 Å². The molecule has 1 aliphatic rings. The number of ether oxygens (including phenoxy) is 1. The number of hydrogen-bond acceptors (Lipinski definition) is 1. The van der Waals surface area contributed by atoms with Gasteiger partial charge in [-0.2, -0.15) is 0 Å². The van der Waals surface area contributed by atoms with E-state index >= 15 is 0 Å². The molecule has 1 nitrogen and oxygen atoms in total. The van der Waals surface area contributed by atoms with Gasteiger partial charge in [-0.25, -0.2) is 4.39 Å². The van der Waals surface area contributed by atoms with Gasteiger partial charge >= 0.3 is 0 Å². The van der Waals surface area contributed by atoms with Crippen LogP contribution in [0.5, 0.6) is 5.75 Å². The molecule has 0 bridgehead atoms. The van der Waals surface area contributed by atoms with Crippen molar-refractivity contribution >= 4 is 5.57 Å². The monoisotopic (exact) mass is 220 g/mol.